The minimum Gasteiger partial charge on any atom is -0.508 e. The molecule has 0 unspecified atom stereocenters. The average molecular weight is 537 g/mol. The molecule has 0 amide bonds. The number of unbranched alkanes of at least 4 members (excludes halogenated alkanes) is 14. The van der Waals surface area contributed by atoms with Crippen LogP contribution in [0.2, 0.25) is 0 Å². The molecule has 0 radical (unpaired) electrons. The smallest absolute Gasteiger partial charge is 0.311 e. The van der Waals surface area contributed by atoms with E-state index in [0.717, 1.165) is 25.3 Å². The second kappa shape index (κ2) is 16.6. The van der Waals surface area contributed by atoms with Crippen LogP contribution in [-0.2, 0) is 4.79 Å². The van der Waals surface area contributed by atoms with E-state index in [-0.39, 0.29) is 34.2 Å². The zero-order valence-electron chi connectivity index (χ0n) is 23.4. The first kappa shape index (κ1) is 30.3. The first-order valence-corrected chi connectivity index (χ1v) is 14.8. The molecule has 0 saturated heterocycles. The van der Waals surface area contributed by atoms with Gasteiger partial charge in [-0.15, -0.1) is 0 Å². The first-order chi connectivity index (χ1) is 19.0. The van der Waals surface area contributed by atoms with Crippen molar-refractivity contribution in [3.8, 4) is 28.6 Å². The van der Waals surface area contributed by atoms with Gasteiger partial charge in [0.2, 0.25) is 0 Å². The monoisotopic (exact) mass is 536 g/mol. The molecule has 3 rings (SSSR count). The summed E-state index contributed by atoms with van der Waals surface area (Å²) in [7, 11) is 0. The molecule has 6 heteroatoms. The second-order valence-corrected chi connectivity index (χ2v) is 10.5. The molecule has 0 fully saturated rings. The second-order valence-electron chi connectivity index (χ2n) is 10.5. The number of aromatic hydroxyl groups is 2. The van der Waals surface area contributed by atoms with Gasteiger partial charge >= 0.3 is 5.97 Å². The van der Waals surface area contributed by atoms with Gasteiger partial charge in [0.25, 0.3) is 0 Å². The Kier molecular flexibility index (Phi) is 12.9. The van der Waals surface area contributed by atoms with Crippen LogP contribution >= 0.6 is 0 Å². The lowest BCUT2D eigenvalue weighted by atomic mass is 10.0. The molecule has 1 heterocycles. The molecular formula is C33H44O6. The van der Waals surface area contributed by atoms with Crippen molar-refractivity contribution in [2.24, 2.45) is 0 Å². The van der Waals surface area contributed by atoms with Gasteiger partial charge in [0.05, 0.1) is 0 Å². The van der Waals surface area contributed by atoms with Gasteiger partial charge in [-0.2, -0.15) is 0 Å². The van der Waals surface area contributed by atoms with Crippen LogP contribution in [0, 0.1) is 0 Å². The van der Waals surface area contributed by atoms with Gasteiger partial charge < -0.3 is 19.4 Å². The summed E-state index contributed by atoms with van der Waals surface area (Å²) in [5.74, 6) is -0.0600. The Balaban J connectivity index is 1.28. The van der Waals surface area contributed by atoms with Crippen molar-refractivity contribution in [2.45, 2.75) is 110 Å². The number of carbonyl (C=O) groups is 1. The lowest BCUT2D eigenvalue weighted by molar-refractivity contribution is -0.134. The van der Waals surface area contributed by atoms with E-state index in [9.17, 15) is 19.8 Å². The number of esters is 1. The molecule has 3 aromatic rings. The van der Waals surface area contributed by atoms with Gasteiger partial charge in [0, 0.05) is 30.2 Å². The fourth-order valence-corrected chi connectivity index (χ4v) is 4.91. The van der Waals surface area contributed by atoms with Crippen molar-refractivity contribution in [3.63, 3.8) is 0 Å². The molecule has 0 atom stereocenters. The predicted octanol–water partition coefficient (Wildman–Crippen LogP) is 9.04. The maximum absolute atomic E-state index is 12.4. The van der Waals surface area contributed by atoms with E-state index in [2.05, 4.69) is 6.92 Å². The molecule has 0 aliphatic rings. The third kappa shape index (κ3) is 10.4. The summed E-state index contributed by atoms with van der Waals surface area (Å²) in [6.07, 6.45) is 19.7. The molecule has 0 aliphatic carbocycles. The lowest BCUT2D eigenvalue weighted by Crippen LogP contribution is -2.07. The van der Waals surface area contributed by atoms with Gasteiger partial charge in [-0.3, -0.25) is 9.59 Å². The summed E-state index contributed by atoms with van der Waals surface area (Å²) in [5, 5.41) is 19.6. The van der Waals surface area contributed by atoms with Crippen molar-refractivity contribution in [3.05, 3.63) is 52.7 Å². The summed E-state index contributed by atoms with van der Waals surface area (Å²) in [4.78, 5) is 24.7. The molecule has 39 heavy (non-hydrogen) atoms. The van der Waals surface area contributed by atoms with E-state index in [1.54, 1.807) is 24.3 Å². The summed E-state index contributed by atoms with van der Waals surface area (Å²) < 4.78 is 11.2. The quantitative estimate of drug-likeness (QED) is 0.0956. The van der Waals surface area contributed by atoms with Gasteiger partial charge in [-0.05, 0) is 30.7 Å². The highest BCUT2D eigenvalue weighted by atomic mass is 16.5. The van der Waals surface area contributed by atoms with Gasteiger partial charge in [-0.25, -0.2) is 0 Å². The van der Waals surface area contributed by atoms with E-state index in [1.165, 1.54) is 89.2 Å². The minimum atomic E-state index is -0.414. The van der Waals surface area contributed by atoms with Crippen LogP contribution in [0.25, 0.3) is 22.3 Å². The highest BCUT2D eigenvalue weighted by molar-refractivity contribution is 5.86. The number of hydrogen-bond donors (Lipinski definition) is 2. The highest BCUT2D eigenvalue weighted by Gasteiger charge is 2.13. The molecule has 0 aliphatic heterocycles. The van der Waals surface area contributed by atoms with E-state index in [1.807, 2.05) is 0 Å². The van der Waals surface area contributed by atoms with Crippen LogP contribution in [0.1, 0.15) is 110 Å². The van der Waals surface area contributed by atoms with Gasteiger partial charge in [0.15, 0.2) is 5.43 Å². The summed E-state index contributed by atoms with van der Waals surface area (Å²) in [6.45, 7) is 2.26. The maximum atomic E-state index is 12.4. The summed E-state index contributed by atoms with van der Waals surface area (Å²) in [6, 6.07) is 10.4. The third-order valence-electron chi connectivity index (χ3n) is 7.15. The third-order valence-corrected chi connectivity index (χ3v) is 7.15. The largest absolute Gasteiger partial charge is 0.508 e. The Morgan fingerprint density at radius 2 is 1.28 bits per heavy atom. The van der Waals surface area contributed by atoms with E-state index in [4.69, 9.17) is 9.15 Å². The molecule has 6 nitrogen and oxygen atoms in total. The Hall–Kier alpha value is -3.28. The predicted molar refractivity (Wildman–Crippen MR) is 156 cm³/mol. The number of phenolic OH excluding ortho intramolecular Hbond substituents is 2. The average Bonchev–Trinajstić information content (AvgIpc) is 2.90. The molecule has 1 aromatic heterocycles. The van der Waals surface area contributed by atoms with Crippen molar-refractivity contribution >= 4 is 16.9 Å². The van der Waals surface area contributed by atoms with Crippen molar-refractivity contribution in [1.82, 2.24) is 0 Å². The standard InChI is InChI=1S/C33H44O6/c1-2-3-4-5-6-7-8-9-10-11-12-13-14-15-16-17-32(37)38-27-20-18-25(19-21-27)30-24-29(36)33-28(35)22-26(34)23-31(33)39-30/h18-24,34-35H,2-17H2,1H3. The summed E-state index contributed by atoms with van der Waals surface area (Å²) >= 11 is 0. The molecule has 0 saturated carbocycles. The Bertz CT molecular complexity index is 1210. The van der Waals surface area contributed by atoms with Crippen molar-refractivity contribution < 1.29 is 24.2 Å². The normalized spacial score (nSPS) is 11.2. The zero-order chi connectivity index (χ0) is 27.9. The first-order valence-electron chi connectivity index (χ1n) is 14.8. The number of ether oxygens (including phenoxy) is 1. The van der Waals surface area contributed by atoms with E-state index >= 15 is 0 Å². The Morgan fingerprint density at radius 3 is 1.85 bits per heavy atom. The maximum Gasteiger partial charge on any atom is 0.311 e. The number of hydrogen-bond acceptors (Lipinski definition) is 6. The molecule has 2 N–H and O–H groups in total. The van der Waals surface area contributed by atoms with E-state index in [0.29, 0.717) is 17.7 Å². The SMILES string of the molecule is CCCCCCCCCCCCCCCCCC(=O)Oc1ccc(-c2cc(=O)c3c(O)cc(O)cc3o2)cc1. The summed E-state index contributed by atoms with van der Waals surface area (Å²) in [5.41, 5.74) is 0.288. The lowest BCUT2D eigenvalue weighted by Gasteiger charge is -2.07. The molecule has 0 spiro atoms. The van der Waals surface area contributed by atoms with Crippen LogP contribution in [-0.4, -0.2) is 16.2 Å². The van der Waals surface area contributed by atoms with Crippen LogP contribution in [0.15, 0.2) is 51.7 Å². The number of rotatable bonds is 18. The number of benzene rings is 2. The van der Waals surface area contributed by atoms with E-state index < -0.39 is 5.43 Å². The number of carbonyl (C=O) groups excluding carboxylic acids is 1. The van der Waals surface area contributed by atoms with Gasteiger partial charge in [-0.1, -0.05) is 96.8 Å². The Labute approximate surface area is 232 Å². The molecule has 2 aromatic carbocycles. The highest BCUT2D eigenvalue weighted by Crippen LogP contribution is 2.31. The molecule has 0 bridgehead atoms. The van der Waals surface area contributed by atoms with Crippen LogP contribution < -0.4 is 10.2 Å². The van der Waals surface area contributed by atoms with Crippen molar-refractivity contribution in [2.75, 3.05) is 0 Å². The topological polar surface area (TPSA) is 97.0 Å². The Morgan fingerprint density at radius 1 is 0.744 bits per heavy atom. The van der Waals surface area contributed by atoms with Crippen molar-refractivity contribution in [1.29, 1.82) is 0 Å². The van der Waals surface area contributed by atoms with Gasteiger partial charge in [0.1, 0.15) is 34.0 Å². The minimum absolute atomic E-state index is 0.0147. The van der Waals surface area contributed by atoms with Crippen LogP contribution in [0.4, 0.5) is 0 Å². The van der Waals surface area contributed by atoms with Crippen LogP contribution in [0.5, 0.6) is 17.2 Å². The number of fused-ring (bicyclic) bond motifs is 1. The molecule has 212 valence electrons. The zero-order valence-corrected chi connectivity index (χ0v) is 23.4. The number of phenols is 2. The molecular weight excluding hydrogens is 492 g/mol. The fraction of sp³-hybridized carbons (Fsp3) is 0.515. The van der Waals surface area contributed by atoms with Crippen LogP contribution in [0.3, 0.4) is 0 Å². The fourth-order valence-electron chi connectivity index (χ4n) is 4.91.